The molecule has 0 aromatic heterocycles. The molecule has 0 atom stereocenters. The molecule has 0 fully saturated rings. The van der Waals surface area contributed by atoms with Gasteiger partial charge in [0.05, 0.1) is 12.8 Å². The second-order valence-electron chi connectivity index (χ2n) is 4.13. The van der Waals surface area contributed by atoms with Gasteiger partial charge >= 0.3 is 0 Å². The van der Waals surface area contributed by atoms with Gasteiger partial charge in [0.2, 0.25) is 0 Å². The van der Waals surface area contributed by atoms with Crippen LogP contribution in [0.4, 0.5) is 11.4 Å². The van der Waals surface area contributed by atoms with Gasteiger partial charge in [-0.25, -0.2) is 0 Å². The molecule has 0 saturated carbocycles. The summed E-state index contributed by atoms with van der Waals surface area (Å²) in [5.41, 5.74) is 5.87. The average Bonchev–Trinajstić information content (AvgIpc) is 2.31. The minimum absolute atomic E-state index is 0.247. The van der Waals surface area contributed by atoms with E-state index in [1.807, 2.05) is 0 Å². The maximum Gasteiger partial charge on any atom is 0.256 e. The van der Waals surface area contributed by atoms with Crippen LogP contribution in [0.25, 0.3) is 0 Å². The van der Waals surface area contributed by atoms with Gasteiger partial charge < -0.3 is 20.5 Å². The van der Waals surface area contributed by atoms with E-state index in [-0.39, 0.29) is 5.91 Å². The minimum Gasteiger partial charge on any atom is -0.494 e. The number of rotatable bonds is 4. The van der Waals surface area contributed by atoms with Crippen LogP contribution in [-0.4, -0.2) is 25.7 Å². The van der Waals surface area contributed by atoms with Gasteiger partial charge in [0, 0.05) is 18.9 Å². The fourth-order valence-electron chi connectivity index (χ4n) is 1.18. The van der Waals surface area contributed by atoms with E-state index in [2.05, 4.69) is 5.32 Å². The summed E-state index contributed by atoms with van der Waals surface area (Å²) in [6, 6.07) is 5.03. The Morgan fingerprint density at radius 1 is 1.35 bits per heavy atom. The molecule has 0 aliphatic carbocycles. The van der Waals surface area contributed by atoms with Crippen molar-refractivity contribution in [3.8, 4) is 5.75 Å². The van der Waals surface area contributed by atoms with Crippen LogP contribution in [0.3, 0.4) is 0 Å². The van der Waals surface area contributed by atoms with Crippen molar-refractivity contribution in [1.82, 2.24) is 0 Å². The van der Waals surface area contributed by atoms with Gasteiger partial charge in [-0.15, -0.1) is 0 Å². The highest BCUT2D eigenvalue weighted by atomic mass is 16.5. The molecule has 0 aliphatic heterocycles. The third kappa shape index (κ3) is 3.10. The van der Waals surface area contributed by atoms with Crippen molar-refractivity contribution >= 4 is 17.3 Å². The van der Waals surface area contributed by atoms with E-state index in [1.165, 1.54) is 14.2 Å². The van der Waals surface area contributed by atoms with Crippen molar-refractivity contribution in [3.63, 3.8) is 0 Å². The third-order valence-corrected chi connectivity index (χ3v) is 2.53. The first-order valence-corrected chi connectivity index (χ1v) is 5.21. The highest BCUT2D eigenvalue weighted by Crippen LogP contribution is 2.27. The van der Waals surface area contributed by atoms with Crippen LogP contribution in [0.1, 0.15) is 13.8 Å². The molecule has 5 heteroatoms. The quantitative estimate of drug-likeness (QED) is 0.782. The molecule has 1 rings (SSSR count). The Hall–Kier alpha value is -1.75. The van der Waals surface area contributed by atoms with Crippen molar-refractivity contribution in [1.29, 1.82) is 0 Å². The Bertz CT molecular complexity index is 416. The predicted molar refractivity (Wildman–Crippen MR) is 67.1 cm³/mol. The summed E-state index contributed by atoms with van der Waals surface area (Å²) < 4.78 is 10.2. The number of benzene rings is 1. The number of amides is 1. The lowest BCUT2D eigenvalue weighted by atomic mass is 10.1. The standard InChI is InChI=1S/C12H18N2O3/c1-12(2,17-4)11(15)14-9-6-5-8(13)7-10(9)16-3/h5-7H,13H2,1-4H3,(H,14,15). The van der Waals surface area contributed by atoms with Gasteiger partial charge in [-0.1, -0.05) is 0 Å². The Labute approximate surface area is 101 Å². The molecule has 0 saturated heterocycles. The minimum atomic E-state index is -0.896. The molecular weight excluding hydrogens is 220 g/mol. The predicted octanol–water partition coefficient (Wildman–Crippen LogP) is 1.64. The number of nitrogens with one attached hydrogen (secondary N) is 1. The normalized spacial score (nSPS) is 11.1. The number of nitrogen functional groups attached to an aromatic ring is 1. The lowest BCUT2D eigenvalue weighted by molar-refractivity contribution is -0.133. The van der Waals surface area contributed by atoms with Crippen molar-refractivity contribution < 1.29 is 14.3 Å². The third-order valence-electron chi connectivity index (χ3n) is 2.53. The molecule has 17 heavy (non-hydrogen) atoms. The van der Waals surface area contributed by atoms with E-state index in [0.29, 0.717) is 17.1 Å². The highest BCUT2D eigenvalue weighted by Gasteiger charge is 2.27. The van der Waals surface area contributed by atoms with E-state index in [0.717, 1.165) is 0 Å². The highest BCUT2D eigenvalue weighted by molar-refractivity contribution is 5.98. The number of methoxy groups -OCH3 is 2. The molecule has 0 heterocycles. The summed E-state index contributed by atoms with van der Waals surface area (Å²) in [6.45, 7) is 3.37. The fourth-order valence-corrected chi connectivity index (χ4v) is 1.18. The number of nitrogens with two attached hydrogens (primary N) is 1. The maximum absolute atomic E-state index is 11.9. The van der Waals surface area contributed by atoms with Gasteiger partial charge in [-0.05, 0) is 26.0 Å². The summed E-state index contributed by atoms with van der Waals surface area (Å²) in [5.74, 6) is 0.272. The zero-order chi connectivity index (χ0) is 13.1. The Kier molecular flexibility index (Phi) is 3.96. The van der Waals surface area contributed by atoms with Crippen LogP contribution < -0.4 is 15.8 Å². The topological polar surface area (TPSA) is 73.6 Å². The monoisotopic (exact) mass is 238 g/mol. The largest absolute Gasteiger partial charge is 0.494 e. The second kappa shape index (κ2) is 5.05. The number of carbonyl (C=O) groups excluding carboxylic acids is 1. The van der Waals surface area contributed by atoms with Crippen molar-refractivity contribution in [2.75, 3.05) is 25.3 Å². The molecule has 0 radical (unpaired) electrons. The number of ether oxygens (including phenoxy) is 2. The molecule has 5 nitrogen and oxygen atoms in total. The van der Waals surface area contributed by atoms with E-state index in [4.69, 9.17) is 15.2 Å². The van der Waals surface area contributed by atoms with Gasteiger partial charge in [-0.3, -0.25) is 4.79 Å². The van der Waals surface area contributed by atoms with Gasteiger partial charge in [0.15, 0.2) is 0 Å². The Morgan fingerprint density at radius 3 is 2.53 bits per heavy atom. The molecule has 0 bridgehead atoms. The van der Waals surface area contributed by atoms with Gasteiger partial charge in [0.25, 0.3) is 5.91 Å². The summed E-state index contributed by atoms with van der Waals surface area (Å²) in [7, 11) is 3.01. The first-order valence-electron chi connectivity index (χ1n) is 5.21. The molecular formula is C12H18N2O3. The van der Waals surface area contributed by atoms with Crippen LogP contribution in [-0.2, 0) is 9.53 Å². The number of anilines is 2. The summed E-state index contributed by atoms with van der Waals surface area (Å²) in [5, 5.41) is 2.74. The molecule has 1 amide bonds. The maximum atomic E-state index is 11.9. The van der Waals surface area contributed by atoms with Crippen LogP contribution in [0.15, 0.2) is 18.2 Å². The van der Waals surface area contributed by atoms with E-state index >= 15 is 0 Å². The lowest BCUT2D eigenvalue weighted by Crippen LogP contribution is -2.38. The first-order chi connectivity index (χ1) is 7.90. The first kappa shape index (κ1) is 13.3. The van der Waals surface area contributed by atoms with Crippen LogP contribution in [0, 0.1) is 0 Å². The van der Waals surface area contributed by atoms with Gasteiger partial charge in [-0.2, -0.15) is 0 Å². The summed E-state index contributed by atoms with van der Waals surface area (Å²) in [6.07, 6.45) is 0. The SMILES string of the molecule is COc1cc(N)ccc1NC(=O)C(C)(C)OC. The van der Waals surface area contributed by atoms with E-state index < -0.39 is 5.60 Å². The van der Waals surface area contributed by atoms with Crippen molar-refractivity contribution in [3.05, 3.63) is 18.2 Å². The summed E-state index contributed by atoms with van der Waals surface area (Å²) in [4.78, 5) is 11.9. The molecule has 0 spiro atoms. The second-order valence-corrected chi connectivity index (χ2v) is 4.13. The summed E-state index contributed by atoms with van der Waals surface area (Å²) >= 11 is 0. The zero-order valence-corrected chi connectivity index (χ0v) is 10.5. The van der Waals surface area contributed by atoms with Crippen molar-refractivity contribution in [2.45, 2.75) is 19.4 Å². The zero-order valence-electron chi connectivity index (χ0n) is 10.5. The Morgan fingerprint density at radius 2 is 2.00 bits per heavy atom. The van der Waals surface area contributed by atoms with E-state index in [1.54, 1.807) is 32.0 Å². The molecule has 3 N–H and O–H groups in total. The number of carbonyl (C=O) groups is 1. The number of hydrogen-bond acceptors (Lipinski definition) is 4. The van der Waals surface area contributed by atoms with Crippen LogP contribution >= 0.6 is 0 Å². The molecule has 1 aromatic carbocycles. The van der Waals surface area contributed by atoms with E-state index in [9.17, 15) is 4.79 Å². The Balaban J connectivity index is 2.92. The van der Waals surface area contributed by atoms with Gasteiger partial charge in [0.1, 0.15) is 11.4 Å². The smallest absolute Gasteiger partial charge is 0.256 e. The fraction of sp³-hybridized carbons (Fsp3) is 0.417. The average molecular weight is 238 g/mol. The molecule has 0 aliphatic rings. The molecule has 1 aromatic rings. The van der Waals surface area contributed by atoms with Crippen molar-refractivity contribution in [2.24, 2.45) is 0 Å². The molecule has 0 unspecified atom stereocenters. The lowest BCUT2D eigenvalue weighted by Gasteiger charge is -2.22. The van der Waals surface area contributed by atoms with Crippen LogP contribution in [0.5, 0.6) is 5.75 Å². The molecule has 94 valence electrons. The number of hydrogen-bond donors (Lipinski definition) is 2. The van der Waals surface area contributed by atoms with Crippen LogP contribution in [0.2, 0.25) is 0 Å².